The molecule has 2 fully saturated rings. The van der Waals surface area contributed by atoms with E-state index in [4.69, 9.17) is 37.8 Å². The minimum atomic E-state index is -5.08. The molecule has 0 bridgehead atoms. The third-order valence-electron chi connectivity index (χ3n) is 10.5. The fourth-order valence-electron chi connectivity index (χ4n) is 7.40. The highest BCUT2D eigenvalue weighted by Gasteiger charge is 2.48. The van der Waals surface area contributed by atoms with Crippen LogP contribution < -0.4 is 9.46 Å². The second-order valence-corrected chi connectivity index (χ2v) is 17.9. The van der Waals surface area contributed by atoms with Crippen molar-refractivity contribution in [1.29, 1.82) is 0 Å². The summed E-state index contributed by atoms with van der Waals surface area (Å²) in [6.45, 7) is 6.27. The molecule has 59 heavy (non-hydrogen) atoms. The molecule has 13 nitrogen and oxygen atoms in total. The number of nitrogens with zero attached hydrogens (tertiary/aromatic N) is 5. The number of unbranched alkanes of at least 4 members (excludes halogenated alkanes) is 1. The lowest BCUT2D eigenvalue weighted by molar-refractivity contribution is -0.192. The maximum atomic E-state index is 14.2. The van der Waals surface area contributed by atoms with Gasteiger partial charge in [0.2, 0.25) is 21.8 Å². The SMILES string of the molecule is Cc1cc(C)c2cccc(OCc3c(Cl)ccc(S(=O)(=O)NC4(C(=O)N5CCN(C(=O)[C@H](CCCCN(C)C)N(C)C)CC5)CCCC4)c3Cl)c2n1.O=C(O)C(F)(F)F. The highest BCUT2D eigenvalue weighted by Crippen LogP contribution is 2.37. The Labute approximate surface area is 353 Å². The zero-order chi connectivity index (χ0) is 43.9. The summed E-state index contributed by atoms with van der Waals surface area (Å²) < 4.78 is 68.9. The lowest BCUT2D eigenvalue weighted by atomic mass is 9.96. The minimum Gasteiger partial charge on any atom is -0.487 e. The van der Waals surface area contributed by atoms with Crippen LogP contribution in [0.4, 0.5) is 13.2 Å². The zero-order valence-electron chi connectivity index (χ0n) is 34.2. The lowest BCUT2D eigenvalue weighted by Crippen LogP contribution is -2.62. The number of ether oxygens (including phenoxy) is 1. The number of aromatic nitrogens is 1. The Morgan fingerprint density at radius 3 is 2.17 bits per heavy atom. The Balaban J connectivity index is 0.00000101. The van der Waals surface area contributed by atoms with Crippen LogP contribution >= 0.6 is 23.2 Å². The van der Waals surface area contributed by atoms with Gasteiger partial charge in [0.05, 0.1) is 11.1 Å². The van der Waals surface area contributed by atoms with E-state index in [0.29, 0.717) is 68.7 Å². The van der Waals surface area contributed by atoms with Gasteiger partial charge in [-0.2, -0.15) is 17.9 Å². The predicted molar refractivity (Wildman–Crippen MR) is 220 cm³/mol. The van der Waals surface area contributed by atoms with Gasteiger partial charge in [-0.3, -0.25) is 14.5 Å². The highest BCUT2D eigenvalue weighted by molar-refractivity contribution is 7.89. The molecule has 2 aromatic carbocycles. The first kappa shape index (κ1) is 47.9. The molecule has 1 atom stereocenters. The van der Waals surface area contributed by atoms with E-state index < -0.39 is 27.7 Å². The number of carboxylic acid groups (broad SMARTS) is 1. The van der Waals surface area contributed by atoms with Gasteiger partial charge in [-0.25, -0.2) is 18.2 Å². The van der Waals surface area contributed by atoms with Crippen LogP contribution in [0.3, 0.4) is 0 Å². The Morgan fingerprint density at radius 1 is 0.983 bits per heavy atom. The van der Waals surface area contributed by atoms with Crippen LogP contribution in [0.1, 0.15) is 61.8 Å². The number of aryl methyl sites for hydroxylation is 2. The highest BCUT2D eigenvalue weighted by atomic mass is 35.5. The average Bonchev–Trinajstić information content (AvgIpc) is 3.62. The van der Waals surface area contributed by atoms with E-state index in [9.17, 15) is 31.2 Å². The first-order valence-electron chi connectivity index (χ1n) is 19.3. The van der Waals surface area contributed by atoms with Gasteiger partial charge in [0.15, 0.2) is 0 Å². The number of carbonyl (C=O) groups is 3. The third-order valence-corrected chi connectivity index (χ3v) is 13.0. The van der Waals surface area contributed by atoms with Crippen LogP contribution in [-0.2, 0) is 31.0 Å². The number of aliphatic carboxylic acids is 1. The minimum absolute atomic E-state index is 0.0644. The van der Waals surface area contributed by atoms with Crippen molar-refractivity contribution < 1.29 is 45.8 Å². The number of halogens is 5. The topological polar surface area (TPSA) is 153 Å². The average molecular weight is 890 g/mol. The number of sulfonamides is 1. The van der Waals surface area contributed by atoms with Gasteiger partial charge in [0.1, 0.15) is 28.3 Å². The van der Waals surface area contributed by atoms with Crippen LogP contribution in [0.15, 0.2) is 41.3 Å². The molecule has 19 heteroatoms. The van der Waals surface area contributed by atoms with E-state index >= 15 is 0 Å². The van der Waals surface area contributed by atoms with Crippen molar-refractivity contribution >= 4 is 61.9 Å². The summed E-state index contributed by atoms with van der Waals surface area (Å²) in [6.07, 6.45) is -0.204. The van der Waals surface area contributed by atoms with E-state index in [0.717, 1.165) is 42.5 Å². The molecular formula is C40H53Cl2F3N6O7S. The molecule has 1 aliphatic heterocycles. The summed E-state index contributed by atoms with van der Waals surface area (Å²) in [4.78, 5) is 48.8. The van der Waals surface area contributed by atoms with Crippen molar-refractivity contribution in [2.45, 2.75) is 88.1 Å². The normalized spacial score (nSPS) is 16.3. The van der Waals surface area contributed by atoms with Crippen molar-refractivity contribution in [3.63, 3.8) is 0 Å². The first-order valence-corrected chi connectivity index (χ1v) is 21.5. The third kappa shape index (κ3) is 12.2. The summed E-state index contributed by atoms with van der Waals surface area (Å²) in [5, 5.41) is 8.27. The fraction of sp³-hybridized carbons (Fsp3) is 0.550. The van der Waals surface area contributed by atoms with E-state index in [1.54, 1.807) is 11.0 Å². The molecule has 1 saturated heterocycles. The lowest BCUT2D eigenvalue weighted by Gasteiger charge is -2.41. The number of carbonyl (C=O) groups excluding carboxylic acids is 2. The van der Waals surface area contributed by atoms with E-state index in [-0.39, 0.29) is 39.4 Å². The maximum Gasteiger partial charge on any atom is 0.490 e. The quantitative estimate of drug-likeness (QED) is 0.177. The van der Waals surface area contributed by atoms with Gasteiger partial charge >= 0.3 is 12.1 Å². The number of benzene rings is 2. The van der Waals surface area contributed by atoms with Crippen LogP contribution in [0.25, 0.3) is 10.9 Å². The van der Waals surface area contributed by atoms with Gasteiger partial charge in [-0.05, 0) is 104 Å². The van der Waals surface area contributed by atoms with Crippen LogP contribution in [-0.4, -0.2) is 135 Å². The predicted octanol–water partition coefficient (Wildman–Crippen LogP) is 6.29. The van der Waals surface area contributed by atoms with Gasteiger partial charge in [0.25, 0.3) is 0 Å². The molecule has 5 rings (SSSR count). The maximum absolute atomic E-state index is 14.2. The standard InChI is InChI=1S/C38H52Cl2N6O5S.C2HF3O2/c1-26-24-27(2)41-35-28(26)12-11-14-32(35)51-25-29-30(39)15-16-33(34(29)40)52(49,50)42-38(17-8-9-18-38)37(48)46-22-20-45(21-23-46)36(47)31(44(5)6)13-7-10-19-43(3)4;3-2(4,5)1(6)7/h11-12,14-16,24,31,42H,7-10,13,17-23,25H2,1-6H3;(H,6,7)/t31-;/m0./s1. The Bertz CT molecular complexity index is 2090. The van der Waals surface area contributed by atoms with Crippen LogP contribution in [0, 0.1) is 13.8 Å². The zero-order valence-corrected chi connectivity index (χ0v) is 36.5. The molecule has 0 spiro atoms. The summed E-state index contributed by atoms with van der Waals surface area (Å²) in [7, 11) is 3.67. The first-order chi connectivity index (χ1) is 27.6. The summed E-state index contributed by atoms with van der Waals surface area (Å²) in [6, 6.07) is 10.3. The number of carboxylic acids is 1. The number of rotatable bonds is 14. The number of fused-ring (bicyclic) bond motifs is 1. The summed E-state index contributed by atoms with van der Waals surface area (Å²) in [5.74, 6) is -2.43. The molecular weight excluding hydrogens is 836 g/mol. The molecule has 1 aromatic heterocycles. The van der Waals surface area contributed by atoms with Crippen molar-refractivity contribution in [2.24, 2.45) is 0 Å². The molecule has 1 aliphatic carbocycles. The second kappa shape index (κ2) is 20.2. The smallest absolute Gasteiger partial charge is 0.487 e. The van der Waals surface area contributed by atoms with Gasteiger partial charge < -0.3 is 24.5 Å². The molecule has 2 aliphatic rings. The Hall–Kier alpha value is -3.74. The molecule has 0 radical (unpaired) electrons. The van der Waals surface area contributed by atoms with E-state index in [1.807, 2.05) is 70.0 Å². The molecule has 1 saturated carbocycles. The van der Waals surface area contributed by atoms with E-state index in [1.165, 1.54) is 12.1 Å². The number of hydrogen-bond acceptors (Lipinski definition) is 9. The van der Waals surface area contributed by atoms with Crippen molar-refractivity contribution in [1.82, 2.24) is 29.3 Å². The van der Waals surface area contributed by atoms with E-state index in [2.05, 4.69) is 14.6 Å². The number of pyridine rings is 1. The fourth-order valence-corrected chi connectivity index (χ4v) is 9.71. The molecule has 3 aromatic rings. The largest absolute Gasteiger partial charge is 0.490 e. The van der Waals surface area contributed by atoms with Crippen LogP contribution in [0.2, 0.25) is 10.0 Å². The Kier molecular flexibility index (Phi) is 16.4. The summed E-state index contributed by atoms with van der Waals surface area (Å²) in [5.41, 5.74) is 1.61. The number of hydrogen-bond donors (Lipinski definition) is 2. The number of likely N-dealkylation sites (N-methyl/N-ethyl adjacent to an activating group) is 1. The molecule has 2 N–H and O–H groups in total. The second-order valence-electron chi connectivity index (χ2n) is 15.5. The molecule has 326 valence electrons. The number of piperazine rings is 1. The number of para-hydroxylation sites is 1. The van der Waals surface area contributed by atoms with Crippen LogP contribution in [0.5, 0.6) is 5.75 Å². The number of nitrogens with one attached hydrogen (secondary N) is 1. The Morgan fingerprint density at radius 2 is 1.59 bits per heavy atom. The summed E-state index contributed by atoms with van der Waals surface area (Å²) >= 11 is 13.4. The number of amides is 2. The monoisotopic (exact) mass is 888 g/mol. The van der Waals surface area contributed by atoms with Crippen molar-refractivity contribution in [3.8, 4) is 5.75 Å². The van der Waals surface area contributed by atoms with Gasteiger partial charge in [0, 0.05) is 47.8 Å². The van der Waals surface area contributed by atoms with Crippen molar-refractivity contribution in [2.75, 3.05) is 60.9 Å². The number of alkyl halides is 3. The molecule has 0 unspecified atom stereocenters. The van der Waals surface area contributed by atoms with Crippen molar-refractivity contribution in [3.05, 3.63) is 63.3 Å². The van der Waals surface area contributed by atoms with Gasteiger partial charge in [-0.15, -0.1) is 0 Å². The van der Waals surface area contributed by atoms with Gasteiger partial charge in [-0.1, -0.05) is 54.6 Å². The molecule has 2 amide bonds. The molecule has 2 heterocycles.